The van der Waals surface area contributed by atoms with Gasteiger partial charge in [-0.15, -0.1) is 0 Å². The average molecular weight is 202 g/mol. The van der Waals surface area contributed by atoms with Crippen molar-refractivity contribution in [3.8, 4) is 0 Å². The van der Waals surface area contributed by atoms with E-state index >= 15 is 0 Å². The normalized spacial score (nSPS) is 10.3. The molecule has 0 amide bonds. The summed E-state index contributed by atoms with van der Waals surface area (Å²) in [5.41, 5.74) is 8.59. The van der Waals surface area contributed by atoms with Gasteiger partial charge in [-0.2, -0.15) is 0 Å². The van der Waals surface area contributed by atoms with Crippen LogP contribution in [0.2, 0.25) is 0 Å². The number of rotatable bonds is 2. The summed E-state index contributed by atoms with van der Waals surface area (Å²) in [6, 6.07) is 7.91. The van der Waals surface area contributed by atoms with E-state index in [-0.39, 0.29) is 0 Å². The monoisotopic (exact) mass is 202 g/mol. The Bertz CT molecular complexity index is 493. The van der Waals surface area contributed by atoms with Crippen molar-refractivity contribution in [3.05, 3.63) is 24.3 Å². The van der Waals surface area contributed by atoms with Crippen LogP contribution >= 0.6 is 0 Å². The van der Waals surface area contributed by atoms with Crippen LogP contribution in [0.15, 0.2) is 24.3 Å². The van der Waals surface area contributed by atoms with Crippen LogP contribution in [0.1, 0.15) is 0 Å². The zero-order valence-corrected chi connectivity index (χ0v) is 8.83. The summed E-state index contributed by atoms with van der Waals surface area (Å²) in [4.78, 5) is 4.33. The summed E-state index contributed by atoms with van der Waals surface area (Å²) in [7, 11) is 3.71. The van der Waals surface area contributed by atoms with Gasteiger partial charge in [-0.05, 0) is 6.07 Å². The first kappa shape index (κ1) is 9.58. The van der Waals surface area contributed by atoms with Crippen molar-refractivity contribution in [1.29, 1.82) is 0 Å². The van der Waals surface area contributed by atoms with E-state index in [4.69, 9.17) is 5.73 Å². The van der Waals surface area contributed by atoms with Gasteiger partial charge < -0.3 is 16.4 Å². The number of hydrogen-bond acceptors (Lipinski definition) is 4. The molecule has 4 nitrogen and oxygen atoms in total. The highest BCUT2D eigenvalue weighted by Gasteiger charge is 2.09. The molecule has 78 valence electrons. The smallest absolute Gasteiger partial charge is 0.149 e. The molecular formula is C11H14N4. The number of pyridine rings is 1. The number of fused-ring (bicyclic) bond motifs is 1. The summed E-state index contributed by atoms with van der Waals surface area (Å²) < 4.78 is 0. The first-order valence-corrected chi connectivity index (χ1v) is 4.81. The van der Waals surface area contributed by atoms with Crippen molar-refractivity contribution in [2.75, 3.05) is 30.5 Å². The SMILES string of the molecule is CNc1c(N)nc2ccccc2c1NC. The second-order valence-corrected chi connectivity index (χ2v) is 3.26. The van der Waals surface area contributed by atoms with Crippen LogP contribution in [0, 0.1) is 0 Å². The molecule has 0 aliphatic rings. The quantitative estimate of drug-likeness (QED) is 0.696. The van der Waals surface area contributed by atoms with Crippen molar-refractivity contribution >= 4 is 28.1 Å². The Labute approximate surface area is 88.5 Å². The molecule has 0 unspecified atom stereocenters. The molecule has 0 atom stereocenters. The second-order valence-electron chi connectivity index (χ2n) is 3.26. The van der Waals surface area contributed by atoms with Crippen molar-refractivity contribution in [2.24, 2.45) is 0 Å². The van der Waals surface area contributed by atoms with E-state index in [1.807, 2.05) is 38.4 Å². The minimum atomic E-state index is 0.514. The highest BCUT2D eigenvalue weighted by atomic mass is 15.0. The summed E-state index contributed by atoms with van der Waals surface area (Å²) in [5.74, 6) is 0.514. The lowest BCUT2D eigenvalue weighted by Gasteiger charge is -2.13. The number of nitrogen functional groups attached to an aromatic ring is 1. The molecule has 2 aromatic rings. The summed E-state index contributed by atoms with van der Waals surface area (Å²) in [6.07, 6.45) is 0. The largest absolute Gasteiger partial charge is 0.386 e. The second kappa shape index (κ2) is 3.65. The fourth-order valence-corrected chi connectivity index (χ4v) is 1.74. The van der Waals surface area contributed by atoms with Gasteiger partial charge >= 0.3 is 0 Å². The molecule has 0 aliphatic carbocycles. The van der Waals surface area contributed by atoms with E-state index in [0.717, 1.165) is 22.3 Å². The number of nitrogens with two attached hydrogens (primary N) is 1. The summed E-state index contributed by atoms with van der Waals surface area (Å²) in [6.45, 7) is 0. The lowest BCUT2D eigenvalue weighted by molar-refractivity contribution is 1.37. The first-order chi connectivity index (χ1) is 7.27. The molecule has 0 aliphatic heterocycles. The van der Waals surface area contributed by atoms with E-state index in [0.29, 0.717) is 5.82 Å². The summed E-state index contributed by atoms with van der Waals surface area (Å²) >= 11 is 0. The molecule has 2 rings (SSSR count). The number of nitrogens with zero attached hydrogens (tertiary/aromatic N) is 1. The molecule has 0 bridgehead atoms. The number of aromatic nitrogens is 1. The molecule has 1 heterocycles. The zero-order valence-electron chi connectivity index (χ0n) is 8.83. The van der Waals surface area contributed by atoms with Crippen LogP contribution in [-0.2, 0) is 0 Å². The van der Waals surface area contributed by atoms with Crippen LogP contribution in [0.5, 0.6) is 0 Å². The molecule has 0 radical (unpaired) electrons. The molecule has 1 aromatic heterocycles. The van der Waals surface area contributed by atoms with Gasteiger partial charge in [-0.3, -0.25) is 0 Å². The molecule has 4 heteroatoms. The van der Waals surface area contributed by atoms with Crippen LogP contribution in [0.25, 0.3) is 10.9 Å². The standard InChI is InChI=1S/C11H14N4/c1-13-9-7-5-3-4-6-8(7)15-11(12)10(9)14-2/h3-6,14H,1-2H3,(H3,12,13,15). The number of nitrogens with one attached hydrogen (secondary N) is 2. The number of para-hydroxylation sites is 1. The lowest BCUT2D eigenvalue weighted by Crippen LogP contribution is -2.04. The van der Waals surface area contributed by atoms with E-state index in [1.165, 1.54) is 0 Å². The van der Waals surface area contributed by atoms with Crippen molar-refractivity contribution in [2.45, 2.75) is 0 Å². The molecule has 4 N–H and O–H groups in total. The number of hydrogen-bond donors (Lipinski definition) is 3. The van der Waals surface area contributed by atoms with Gasteiger partial charge in [-0.1, -0.05) is 18.2 Å². The van der Waals surface area contributed by atoms with E-state index in [2.05, 4.69) is 15.6 Å². The van der Waals surface area contributed by atoms with Crippen molar-refractivity contribution < 1.29 is 0 Å². The average Bonchev–Trinajstić information content (AvgIpc) is 2.27. The van der Waals surface area contributed by atoms with Crippen LogP contribution in [0.3, 0.4) is 0 Å². The predicted molar refractivity (Wildman–Crippen MR) is 65.2 cm³/mol. The zero-order chi connectivity index (χ0) is 10.8. The minimum absolute atomic E-state index is 0.514. The third-order valence-corrected chi connectivity index (χ3v) is 2.42. The van der Waals surface area contributed by atoms with E-state index in [1.54, 1.807) is 0 Å². The van der Waals surface area contributed by atoms with Crippen LogP contribution < -0.4 is 16.4 Å². The lowest BCUT2D eigenvalue weighted by atomic mass is 10.1. The highest BCUT2D eigenvalue weighted by molar-refractivity contribution is 6.01. The van der Waals surface area contributed by atoms with Gasteiger partial charge in [0.05, 0.1) is 11.2 Å². The van der Waals surface area contributed by atoms with Crippen LogP contribution in [-0.4, -0.2) is 19.1 Å². The Morgan fingerprint density at radius 2 is 1.73 bits per heavy atom. The fraction of sp³-hybridized carbons (Fsp3) is 0.182. The van der Waals surface area contributed by atoms with Crippen molar-refractivity contribution in [1.82, 2.24) is 4.98 Å². The van der Waals surface area contributed by atoms with Gasteiger partial charge in [0.2, 0.25) is 0 Å². The van der Waals surface area contributed by atoms with Gasteiger partial charge in [0, 0.05) is 19.5 Å². The minimum Gasteiger partial charge on any atom is -0.386 e. The highest BCUT2D eigenvalue weighted by Crippen LogP contribution is 2.33. The van der Waals surface area contributed by atoms with Crippen molar-refractivity contribution in [3.63, 3.8) is 0 Å². The Balaban J connectivity index is 2.84. The van der Waals surface area contributed by atoms with Gasteiger partial charge in [0.1, 0.15) is 11.5 Å². The maximum atomic E-state index is 5.86. The van der Waals surface area contributed by atoms with E-state index in [9.17, 15) is 0 Å². The molecule has 1 aromatic carbocycles. The molecule has 15 heavy (non-hydrogen) atoms. The van der Waals surface area contributed by atoms with E-state index < -0.39 is 0 Å². The van der Waals surface area contributed by atoms with Crippen LogP contribution in [0.4, 0.5) is 17.2 Å². The predicted octanol–water partition coefficient (Wildman–Crippen LogP) is 1.90. The molecule has 0 spiro atoms. The molecule has 0 saturated carbocycles. The fourth-order valence-electron chi connectivity index (χ4n) is 1.74. The number of benzene rings is 1. The van der Waals surface area contributed by atoms with Gasteiger partial charge in [0.25, 0.3) is 0 Å². The van der Waals surface area contributed by atoms with Gasteiger partial charge in [0.15, 0.2) is 0 Å². The summed E-state index contributed by atoms with van der Waals surface area (Å²) in [5, 5.41) is 7.27. The Hall–Kier alpha value is -1.97. The Morgan fingerprint density at radius 1 is 1.07 bits per heavy atom. The maximum Gasteiger partial charge on any atom is 0.149 e. The molecule has 0 fully saturated rings. The third kappa shape index (κ3) is 1.44. The molecular weight excluding hydrogens is 188 g/mol. The van der Waals surface area contributed by atoms with Gasteiger partial charge in [-0.25, -0.2) is 4.98 Å². The Morgan fingerprint density at radius 3 is 2.40 bits per heavy atom. The first-order valence-electron chi connectivity index (χ1n) is 4.81. The third-order valence-electron chi connectivity index (χ3n) is 2.42. The maximum absolute atomic E-state index is 5.86. The number of anilines is 3. The Kier molecular flexibility index (Phi) is 2.33. The topological polar surface area (TPSA) is 63.0 Å². The molecule has 0 saturated heterocycles.